The first-order valence-corrected chi connectivity index (χ1v) is 10.4. The van der Waals surface area contributed by atoms with Crippen LogP contribution in [0.5, 0.6) is 0 Å². The fraction of sp³-hybridized carbons (Fsp3) is 0.611. The van der Waals surface area contributed by atoms with Gasteiger partial charge >= 0.3 is 0 Å². The molecule has 0 aromatic heterocycles. The molecule has 0 unspecified atom stereocenters. The Morgan fingerprint density at radius 3 is 2.55 bits per heavy atom. The Morgan fingerprint density at radius 1 is 1.34 bits per heavy atom. The Bertz CT molecular complexity index is 817. The second-order valence-corrected chi connectivity index (χ2v) is 8.82. The van der Waals surface area contributed by atoms with E-state index in [4.69, 9.17) is 0 Å². The Morgan fingerprint density at radius 2 is 2.00 bits per heavy atom. The smallest absolute Gasteiger partial charge is 0.277 e. The van der Waals surface area contributed by atoms with E-state index < -0.39 is 40.7 Å². The predicted octanol–water partition coefficient (Wildman–Crippen LogP) is -1.78. The van der Waals surface area contributed by atoms with E-state index in [1.165, 1.54) is 23.8 Å². The number of hydrogen-bond donors (Lipinski definition) is 1. The number of carbonyl (C=O) groups excluding carboxylic acids is 4. The van der Waals surface area contributed by atoms with Crippen molar-refractivity contribution in [2.24, 2.45) is 5.16 Å². The molecule has 3 heterocycles. The maximum atomic E-state index is 12.7. The number of Topliss-reactive ketones (excluding diaryl/α,β-unsaturated/α-hetero) is 1. The molecular weight excluding hydrogens is 400 g/mol. The lowest BCUT2D eigenvalue weighted by molar-refractivity contribution is -0.893. The Labute approximate surface area is 172 Å². The van der Waals surface area contributed by atoms with E-state index in [1.54, 1.807) is 0 Å². The third-order valence-electron chi connectivity index (χ3n) is 5.48. The lowest BCUT2D eigenvalue weighted by atomic mass is 10.0. The molecule has 11 heteroatoms. The molecule has 29 heavy (non-hydrogen) atoms. The molecule has 1 N–H and O–H groups in total. The third kappa shape index (κ3) is 4.01. The quantitative estimate of drug-likeness (QED) is 0.168. The minimum atomic E-state index is -1.39. The van der Waals surface area contributed by atoms with Crippen molar-refractivity contribution in [1.82, 2.24) is 10.2 Å². The van der Waals surface area contributed by atoms with Gasteiger partial charge in [0.05, 0.1) is 31.8 Å². The van der Waals surface area contributed by atoms with Gasteiger partial charge in [0, 0.05) is 31.1 Å². The number of β-lactam (4-membered cyclic amide) rings is 1. The van der Waals surface area contributed by atoms with E-state index in [-0.39, 0.29) is 5.70 Å². The van der Waals surface area contributed by atoms with Gasteiger partial charge in [-0.15, -0.1) is 11.8 Å². The molecule has 2 saturated heterocycles. The number of carboxylic acid groups (broad SMARTS) is 1. The minimum absolute atomic E-state index is 0.0900. The number of nitrogens with one attached hydrogen (secondary N) is 1. The molecule has 3 aliphatic rings. The zero-order chi connectivity index (χ0) is 21.3. The summed E-state index contributed by atoms with van der Waals surface area (Å²) in [5.74, 6) is -2.94. The second-order valence-electron chi connectivity index (χ2n) is 7.71. The average Bonchev–Trinajstić information content (AvgIpc) is 3.09. The molecular formula is C18H24N4O6S. The van der Waals surface area contributed by atoms with Gasteiger partial charge in [-0.3, -0.25) is 19.3 Å². The van der Waals surface area contributed by atoms with Crippen molar-refractivity contribution in [3.8, 4) is 0 Å². The highest BCUT2D eigenvalue weighted by Crippen LogP contribution is 2.41. The lowest BCUT2D eigenvalue weighted by Crippen LogP contribution is -2.72. The van der Waals surface area contributed by atoms with E-state index >= 15 is 0 Å². The Hall–Kier alpha value is -2.40. The van der Waals surface area contributed by atoms with Crippen LogP contribution in [-0.2, 0) is 24.0 Å². The summed E-state index contributed by atoms with van der Waals surface area (Å²) in [5, 5.41) is 17.1. The van der Waals surface area contributed by atoms with Gasteiger partial charge in [0.25, 0.3) is 11.8 Å². The van der Waals surface area contributed by atoms with E-state index in [9.17, 15) is 24.3 Å². The van der Waals surface area contributed by atoms with Gasteiger partial charge in [-0.05, 0) is 0 Å². The van der Waals surface area contributed by atoms with E-state index in [0.717, 1.165) is 37.3 Å². The van der Waals surface area contributed by atoms with Crippen LogP contribution in [0.25, 0.3) is 0 Å². The maximum Gasteiger partial charge on any atom is 0.277 e. The first-order valence-electron chi connectivity index (χ1n) is 9.33. The molecule has 0 aliphatic carbocycles. The molecule has 0 spiro atoms. The summed E-state index contributed by atoms with van der Waals surface area (Å²) >= 11 is 1.39. The lowest BCUT2D eigenvalue weighted by Gasteiger charge is -2.51. The van der Waals surface area contributed by atoms with Crippen LogP contribution in [0.4, 0.5) is 0 Å². The first kappa shape index (κ1) is 21.3. The highest BCUT2D eigenvalue weighted by atomic mass is 32.2. The van der Waals surface area contributed by atoms with Gasteiger partial charge in [-0.25, -0.2) is 0 Å². The van der Waals surface area contributed by atoms with Gasteiger partial charge < -0.3 is 24.5 Å². The number of quaternary nitrogens is 1. The molecule has 10 nitrogen and oxygen atoms in total. The molecule has 2 fully saturated rings. The van der Waals surface area contributed by atoms with Crippen LogP contribution in [0, 0.1) is 0 Å². The second kappa shape index (κ2) is 8.15. The van der Waals surface area contributed by atoms with Crippen LogP contribution in [0.3, 0.4) is 0 Å². The van der Waals surface area contributed by atoms with E-state index in [0.29, 0.717) is 17.9 Å². The number of carbonyl (C=O) groups is 4. The molecule has 2 amide bonds. The summed E-state index contributed by atoms with van der Waals surface area (Å²) in [6.07, 6.45) is 2.19. The fourth-order valence-electron chi connectivity index (χ4n) is 4.08. The van der Waals surface area contributed by atoms with Crippen LogP contribution in [0.15, 0.2) is 16.4 Å². The number of oxime groups is 1. The van der Waals surface area contributed by atoms with Crippen LogP contribution < -0.4 is 10.4 Å². The van der Waals surface area contributed by atoms with Crippen molar-refractivity contribution in [3.05, 3.63) is 11.3 Å². The van der Waals surface area contributed by atoms with Crippen molar-refractivity contribution in [2.45, 2.75) is 31.2 Å². The number of nitrogens with zero attached hydrogens (tertiary/aromatic N) is 3. The molecule has 0 aromatic carbocycles. The van der Waals surface area contributed by atoms with Crippen molar-refractivity contribution < 1.29 is 33.6 Å². The number of hydrogen-bond acceptors (Lipinski definition) is 8. The van der Waals surface area contributed by atoms with Crippen LogP contribution in [-0.4, -0.2) is 89.6 Å². The average molecular weight is 424 g/mol. The molecule has 3 aliphatic heterocycles. The highest BCUT2D eigenvalue weighted by Gasteiger charge is 2.53. The van der Waals surface area contributed by atoms with Gasteiger partial charge in [0.2, 0.25) is 5.71 Å². The standard InChI is InChI=1S/C18H24N4O6S/c1-10(23)12(20-28-3)15(24)19-13-16(25)21-14(18(26)27)11(9-29-17(13)21)8-22(2)6-4-5-7-22/h13,17H,4-9H2,1-3H3,(H-,19,24,26,27)/t13-,17-/m1/s1. The monoisotopic (exact) mass is 424 g/mol. The number of thioether (sulfide) groups is 1. The molecule has 0 bridgehead atoms. The molecule has 0 aromatic rings. The van der Waals surface area contributed by atoms with E-state index in [1.807, 2.05) is 0 Å². The summed E-state index contributed by atoms with van der Waals surface area (Å²) in [4.78, 5) is 54.0. The molecule has 2 atom stereocenters. The Kier molecular flexibility index (Phi) is 5.99. The Balaban J connectivity index is 1.78. The number of likely N-dealkylation sites (tertiary alicyclic amines) is 1. The van der Waals surface area contributed by atoms with Gasteiger partial charge in [-0.2, -0.15) is 0 Å². The maximum absolute atomic E-state index is 12.7. The van der Waals surface area contributed by atoms with Crippen molar-refractivity contribution in [2.75, 3.05) is 39.5 Å². The molecule has 3 rings (SSSR count). The SMILES string of the molecule is CON=C(C(C)=O)C(=O)N[C@@H]1C(=O)N2C(C(=O)[O-])=C(C[N+]3(C)CCCC3)CS[C@H]12. The normalized spacial score (nSPS) is 26.0. The molecule has 0 saturated carbocycles. The molecule has 0 radical (unpaired) electrons. The molecule has 158 valence electrons. The number of aliphatic carboxylic acids is 1. The summed E-state index contributed by atoms with van der Waals surface area (Å²) in [6.45, 7) is 3.65. The predicted molar refractivity (Wildman–Crippen MR) is 102 cm³/mol. The largest absolute Gasteiger partial charge is 0.543 e. The van der Waals surface area contributed by atoms with Gasteiger partial charge in [-0.1, -0.05) is 5.16 Å². The zero-order valence-corrected chi connectivity index (χ0v) is 17.4. The first-order chi connectivity index (χ1) is 13.7. The van der Waals surface area contributed by atoms with E-state index in [2.05, 4.69) is 22.4 Å². The number of fused-ring (bicyclic) bond motifs is 1. The summed E-state index contributed by atoms with van der Waals surface area (Å²) in [5.41, 5.74) is 0.134. The summed E-state index contributed by atoms with van der Waals surface area (Å²) in [6, 6.07) is -0.943. The fourth-order valence-corrected chi connectivity index (χ4v) is 5.41. The number of carboxylic acids is 1. The van der Waals surface area contributed by atoms with Crippen LogP contribution in [0.2, 0.25) is 0 Å². The van der Waals surface area contributed by atoms with Gasteiger partial charge in [0.1, 0.15) is 25.1 Å². The number of likely N-dealkylation sites (N-methyl/N-ethyl adjacent to an activating group) is 1. The third-order valence-corrected chi connectivity index (χ3v) is 6.82. The van der Waals surface area contributed by atoms with Crippen molar-refractivity contribution >= 4 is 41.0 Å². The summed E-state index contributed by atoms with van der Waals surface area (Å²) in [7, 11) is 3.29. The number of ketones is 1. The van der Waals surface area contributed by atoms with Gasteiger partial charge in [0.15, 0.2) is 5.78 Å². The van der Waals surface area contributed by atoms with Crippen molar-refractivity contribution in [1.29, 1.82) is 0 Å². The topological polar surface area (TPSA) is 128 Å². The summed E-state index contributed by atoms with van der Waals surface area (Å²) < 4.78 is 0.745. The zero-order valence-electron chi connectivity index (χ0n) is 16.6. The van der Waals surface area contributed by atoms with Crippen LogP contribution in [0.1, 0.15) is 19.8 Å². The van der Waals surface area contributed by atoms with Crippen LogP contribution >= 0.6 is 11.8 Å². The van der Waals surface area contributed by atoms with Crippen molar-refractivity contribution in [3.63, 3.8) is 0 Å². The number of rotatable bonds is 7. The number of amides is 2. The minimum Gasteiger partial charge on any atom is -0.543 e. The highest BCUT2D eigenvalue weighted by molar-refractivity contribution is 8.00.